The fourth-order valence-electron chi connectivity index (χ4n) is 2.36. The first-order valence-electron chi connectivity index (χ1n) is 7.63. The Bertz CT molecular complexity index is 868. The summed E-state index contributed by atoms with van der Waals surface area (Å²) in [6.07, 6.45) is 0.683. The van der Waals surface area contributed by atoms with Crippen molar-refractivity contribution in [3.63, 3.8) is 0 Å². The predicted molar refractivity (Wildman–Crippen MR) is 91.7 cm³/mol. The van der Waals surface area contributed by atoms with Crippen molar-refractivity contribution in [2.75, 3.05) is 20.3 Å². The molecule has 1 aliphatic rings. The molecule has 0 amide bonds. The number of benzene rings is 2. The highest BCUT2D eigenvalue weighted by Gasteiger charge is 2.23. The first kappa shape index (κ1) is 17.8. The normalized spacial score (nSPS) is 12.8. The van der Waals surface area contributed by atoms with Crippen LogP contribution in [0.5, 0.6) is 23.0 Å². The molecule has 2 aromatic rings. The van der Waals surface area contributed by atoms with E-state index in [1.165, 1.54) is 37.4 Å². The molecule has 0 unspecified atom stereocenters. The Morgan fingerprint density at radius 3 is 2.73 bits per heavy atom. The van der Waals surface area contributed by atoms with Gasteiger partial charge in [0.05, 0.1) is 41.9 Å². The minimum absolute atomic E-state index is 0.0874. The number of rotatable bonds is 4. The lowest BCUT2D eigenvalue weighted by atomic mass is 10.2. The topological polar surface area (TPSA) is 97.1 Å². The van der Waals surface area contributed by atoms with Crippen LogP contribution < -0.4 is 18.9 Å². The Morgan fingerprint density at radius 1 is 1.23 bits per heavy atom. The molecular weight excluding hydrogens is 366 g/mol. The van der Waals surface area contributed by atoms with Gasteiger partial charge in [-0.25, -0.2) is 4.79 Å². The molecule has 0 bridgehead atoms. The molecule has 0 spiro atoms. The first-order valence-corrected chi connectivity index (χ1v) is 8.01. The van der Waals surface area contributed by atoms with Gasteiger partial charge in [-0.3, -0.25) is 10.1 Å². The number of halogens is 1. The largest absolute Gasteiger partial charge is 0.496 e. The first-order chi connectivity index (χ1) is 12.5. The van der Waals surface area contributed by atoms with Crippen LogP contribution in [0.3, 0.4) is 0 Å². The van der Waals surface area contributed by atoms with Gasteiger partial charge in [0.2, 0.25) is 5.75 Å². The van der Waals surface area contributed by atoms with Crippen molar-refractivity contribution < 1.29 is 28.7 Å². The van der Waals surface area contributed by atoms with Gasteiger partial charge in [-0.15, -0.1) is 0 Å². The van der Waals surface area contributed by atoms with Crippen molar-refractivity contribution in [1.82, 2.24) is 0 Å². The summed E-state index contributed by atoms with van der Waals surface area (Å²) < 4.78 is 21.1. The third kappa shape index (κ3) is 3.65. The summed E-state index contributed by atoms with van der Waals surface area (Å²) in [4.78, 5) is 23.0. The van der Waals surface area contributed by atoms with E-state index in [2.05, 4.69) is 0 Å². The minimum Gasteiger partial charge on any atom is -0.496 e. The van der Waals surface area contributed by atoms with Gasteiger partial charge in [0.15, 0.2) is 11.5 Å². The molecule has 0 N–H and O–H groups in total. The fraction of sp³-hybridized carbons (Fsp3) is 0.235. The lowest BCUT2D eigenvalue weighted by Gasteiger charge is -2.11. The van der Waals surface area contributed by atoms with Gasteiger partial charge in [0, 0.05) is 6.42 Å². The summed E-state index contributed by atoms with van der Waals surface area (Å²) >= 11 is 6.15. The summed E-state index contributed by atoms with van der Waals surface area (Å²) in [5.41, 5.74) is -0.303. The number of ether oxygens (including phenoxy) is 4. The van der Waals surface area contributed by atoms with E-state index >= 15 is 0 Å². The van der Waals surface area contributed by atoms with Crippen LogP contribution in [-0.4, -0.2) is 31.2 Å². The smallest absolute Gasteiger partial charge is 0.343 e. The molecule has 0 aliphatic carbocycles. The molecular formula is C17H14ClNO7. The van der Waals surface area contributed by atoms with Crippen LogP contribution in [0.15, 0.2) is 30.3 Å². The molecule has 9 heteroatoms. The number of methoxy groups -OCH3 is 1. The van der Waals surface area contributed by atoms with E-state index in [0.29, 0.717) is 31.1 Å². The predicted octanol–water partition coefficient (Wildman–Crippen LogP) is 3.64. The average molecular weight is 380 g/mol. The van der Waals surface area contributed by atoms with Crippen LogP contribution >= 0.6 is 11.6 Å². The molecule has 2 aromatic carbocycles. The lowest BCUT2D eigenvalue weighted by Crippen LogP contribution is -2.10. The van der Waals surface area contributed by atoms with Crippen molar-refractivity contribution in [1.29, 1.82) is 0 Å². The number of fused-ring (bicyclic) bond motifs is 1. The van der Waals surface area contributed by atoms with Crippen LogP contribution in [0, 0.1) is 10.1 Å². The molecule has 26 heavy (non-hydrogen) atoms. The molecule has 0 fully saturated rings. The molecule has 1 heterocycles. The summed E-state index contributed by atoms with van der Waals surface area (Å²) in [5.74, 6) is -0.0581. The molecule has 0 aromatic heterocycles. The van der Waals surface area contributed by atoms with Crippen molar-refractivity contribution >= 4 is 23.3 Å². The maximum atomic E-state index is 12.4. The van der Waals surface area contributed by atoms with Crippen LogP contribution in [-0.2, 0) is 0 Å². The van der Waals surface area contributed by atoms with Crippen LogP contribution in [0.2, 0.25) is 5.02 Å². The van der Waals surface area contributed by atoms with Crippen molar-refractivity contribution in [3.8, 4) is 23.0 Å². The highest BCUT2D eigenvalue weighted by Crippen LogP contribution is 2.38. The summed E-state index contributed by atoms with van der Waals surface area (Å²) in [5, 5.41) is 11.4. The van der Waals surface area contributed by atoms with Gasteiger partial charge in [-0.05, 0) is 24.3 Å². The van der Waals surface area contributed by atoms with Crippen molar-refractivity contribution in [2.45, 2.75) is 6.42 Å². The zero-order valence-corrected chi connectivity index (χ0v) is 14.4. The third-order valence-corrected chi connectivity index (χ3v) is 3.88. The van der Waals surface area contributed by atoms with Crippen LogP contribution in [0.1, 0.15) is 16.8 Å². The van der Waals surface area contributed by atoms with E-state index in [0.717, 1.165) is 0 Å². The summed E-state index contributed by atoms with van der Waals surface area (Å²) in [6, 6.07) is 6.72. The monoisotopic (exact) mass is 379 g/mol. The molecule has 0 saturated heterocycles. The van der Waals surface area contributed by atoms with Gasteiger partial charge in [0.1, 0.15) is 5.75 Å². The molecule has 0 atom stereocenters. The van der Waals surface area contributed by atoms with Crippen LogP contribution in [0.4, 0.5) is 5.69 Å². The van der Waals surface area contributed by atoms with E-state index in [4.69, 9.17) is 30.5 Å². The molecule has 136 valence electrons. The second-order valence-electron chi connectivity index (χ2n) is 5.32. The van der Waals surface area contributed by atoms with Crippen molar-refractivity contribution in [2.24, 2.45) is 0 Å². The standard InChI is InChI=1S/C17H14ClNO7/c1-23-11-3-4-14(13(9-11)19(21)22)26-17(20)10-7-12(18)16-15(8-10)24-5-2-6-25-16/h3-4,7-9H,2,5-6H2,1H3. The molecule has 3 rings (SSSR count). The van der Waals surface area contributed by atoms with E-state index in [9.17, 15) is 14.9 Å². The number of carbonyl (C=O) groups excluding carboxylic acids is 1. The zero-order valence-electron chi connectivity index (χ0n) is 13.7. The average Bonchev–Trinajstić information content (AvgIpc) is 2.87. The number of hydrogen-bond donors (Lipinski definition) is 0. The lowest BCUT2D eigenvalue weighted by molar-refractivity contribution is -0.385. The molecule has 0 saturated carbocycles. The van der Waals surface area contributed by atoms with E-state index in [1.54, 1.807) is 0 Å². The molecule has 1 aliphatic heterocycles. The number of nitro benzene ring substituents is 1. The number of nitro groups is 1. The number of hydrogen-bond acceptors (Lipinski definition) is 7. The SMILES string of the molecule is COc1ccc(OC(=O)c2cc(Cl)c3c(c2)OCCCO3)c([N+](=O)[O-])c1. The van der Waals surface area contributed by atoms with Gasteiger partial charge in [-0.2, -0.15) is 0 Å². The van der Waals surface area contributed by atoms with E-state index in [1.807, 2.05) is 0 Å². The fourth-order valence-corrected chi connectivity index (χ4v) is 2.63. The Morgan fingerprint density at radius 2 is 2.00 bits per heavy atom. The summed E-state index contributed by atoms with van der Waals surface area (Å²) in [6.45, 7) is 0.875. The Hall–Kier alpha value is -3.00. The van der Waals surface area contributed by atoms with Gasteiger partial charge in [0.25, 0.3) is 0 Å². The third-order valence-electron chi connectivity index (χ3n) is 3.60. The Labute approximate surface area is 153 Å². The number of esters is 1. The van der Waals surface area contributed by atoms with Gasteiger partial charge >= 0.3 is 11.7 Å². The summed E-state index contributed by atoms with van der Waals surface area (Å²) in [7, 11) is 1.38. The highest BCUT2D eigenvalue weighted by molar-refractivity contribution is 6.32. The van der Waals surface area contributed by atoms with Gasteiger partial charge < -0.3 is 18.9 Å². The maximum Gasteiger partial charge on any atom is 0.343 e. The maximum absolute atomic E-state index is 12.4. The second kappa shape index (κ2) is 7.49. The van der Waals surface area contributed by atoms with Crippen molar-refractivity contribution in [3.05, 3.63) is 51.0 Å². The van der Waals surface area contributed by atoms with Gasteiger partial charge in [-0.1, -0.05) is 11.6 Å². The second-order valence-corrected chi connectivity index (χ2v) is 5.72. The molecule has 0 radical (unpaired) electrons. The molecule has 8 nitrogen and oxygen atoms in total. The number of nitrogens with zero attached hydrogens (tertiary/aromatic N) is 1. The Balaban J connectivity index is 1.90. The quantitative estimate of drug-likeness (QED) is 0.346. The highest BCUT2D eigenvalue weighted by atomic mass is 35.5. The minimum atomic E-state index is -0.809. The Kier molecular flexibility index (Phi) is 5.13. The van der Waals surface area contributed by atoms with E-state index < -0.39 is 16.6 Å². The zero-order chi connectivity index (χ0) is 18.7. The van der Waals surface area contributed by atoms with Crippen LogP contribution in [0.25, 0.3) is 0 Å². The van der Waals surface area contributed by atoms with E-state index in [-0.39, 0.29) is 22.1 Å². The number of carbonyl (C=O) groups is 1.